The second kappa shape index (κ2) is 9.83. The van der Waals surface area contributed by atoms with Gasteiger partial charge in [0.1, 0.15) is 13.2 Å². The Morgan fingerprint density at radius 2 is 1.80 bits per heavy atom. The van der Waals surface area contributed by atoms with Gasteiger partial charge >= 0.3 is 0 Å². The molecule has 5 rings (SSSR count). The highest BCUT2D eigenvalue weighted by Gasteiger charge is 2.27. The Kier molecular flexibility index (Phi) is 6.62. The number of nitrogens with one attached hydrogen (secondary N) is 1. The van der Waals surface area contributed by atoms with Gasteiger partial charge in [-0.15, -0.1) is 0 Å². The van der Waals surface area contributed by atoms with Gasteiger partial charge in [-0.2, -0.15) is 0 Å². The summed E-state index contributed by atoms with van der Waals surface area (Å²) in [5.74, 6) is 1.42. The van der Waals surface area contributed by atoms with E-state index in [1.165, 1.54) is 0 Å². The van der Waals surface area contributed by atoms with Crippen LogP contribution in [-0.4, -0.2) is 62.3 Å². The zero-order valence-electron chi connectivity index (χ0n) is 19.7. The van der Waals surface area contributed by atoms with Gasteiger partial charge < -0.3 is 14.4 Å². The Bertz CT molecular complexity index is 1350. The van der Waals surface area contributed by atoms with E-state index in [0.29, 0.717) is 68.3 Å². The molecule has 0 bridgehead atoms. The van der Waals surface area contributed by atoms with E-state index in [9.17, 15) is 13.2 Å². The molecule has 184 valence electrons. The number of benzene rings is 2. The smallest absolute Gasteiger partial charge is 0.254 e. The number of rotatable bonds is 6. The van der Waals surface area contributed by atoms with Crippen molar-refractivity contribution >= 4 is 26.8 Å². The molecule has 1 fully saturated rings. The van der Waals surface area contributed by atoms with Crippen LogP contribution in [0.4, 0.5) is 0 Å². The van der Waals surface area contributed by atoms with E-state index in [0.717, 1.165) is 16.5 Å². The molecule has 3 heterocycles. The molecule has 8 nitrogen and oxygen atoms in total. The average molecular weight is 496 g/mol. The monoisotopic (exact) mass is 495 g/mol. The molecule has 1 amide bonds. The van der Waals surface area contributed by atoms with E-state index < -0.39 is 10.0 Å². The van der Waals surface area contributed by atoms with Gasteiger partial charge in [0.2, 0.25) is 10.0 Å². The Balaban J connectivity index is 1.41. The third kappa shape index (κ3) is 5.11. The Morgan fingerprint density at radius 1 is 1.06 bits per heavy atom. The van der Waals surface area contributed by atoms with Crippen LogP contribution < -0.4 is 14.2 Å². The number of carbonyl (C=O) groups excluding carboxylic acids is 1. The predicted molar refractivity (Wildman–Crippen MR) is 134 cm³/mol. The maximum absolute atomic E-state index is 13.6. The summed E-state index contributed by atoms with van der Waals surface area (Å²) in [6, 6.07) is 15.0. The number of nitrogens with zero attached hydrogens (tertiary/aromatic N) is 2. The Morgan fingerprint density at radius 3 is 2.57 bits per heavy atom. The molecule has 0 spiro atoms. The van der Waals surface area contributed by atoms with Crippen LogP contribution in [-0.2, 0) is 10.0 Å². The summed E-state index contributed by atoms with van der Waals surface area (Å²) >= 11 is 0. The van der Waals surface area contributed by atoms with Gasteiger partial charge in [0.15, 0.2) is 11.5 Å². The summed E-state index contributed by atoms with van der Waals surface area (Å²) in [4.78, 5) is 20.3. The fraction of sp³-hybridized carbons (Fsp3) is 0.385. The van der Waals surface area contributed by atoms with Gasteiger partial charge in [0.05, 0.1) is 22.5 Å². The van der Waals surface area contributed by atoms with Crippen molar-refractivity contribution in [2.45, 2.75) is 32.2 Å². The van der Waals surface area contributed by atoms with E-state index in [1.807, 2.05) is 55.5 Å². The molecule has 2 aromatic carbocycles. The first-order chi connectivity index (χ1) is 16.9. The molecule has 3 aromatic rings. The number of fused-ring (bicyclic) bond motifs is 2. The summed E-state index contributed by atoms with van der Waals surface area (Å²) < 4.78 is 38.4. The van der Waals surface area contributed by atoms with Gasteiger partial charge in [-0.05, 0) is 49.6 Å². The van der Waals surface area contributed by atoms with Crippen molar-refractivity contribution in [2.75, 3.05) is 32.1 Å². The lowest BCUT2D eigenvalue weighted by atomic mass is 10.0. The molecule has 9 heteroatoms. The summed E-state index contributed by atoms with van der Waals surface area (Å²) in [5.41, 5.74) is 2.86. The maximum Gasteiger partial charge on any atom is 0.254 e. The van der Waals surface area contributed by atoms with E-state index in [2.05, 4.69) is 4.72 Å². The first-order valence-corrected chi connectivity index (χ1v) is 13.7. The average Bonchev–Trinajstić information content (AvgIpc) is 2.87. The lowest BCUT2D eigenvalue weighted by Gasteiger charge is -2.32. The van der Waals surface area contributed by atoms with E-state index in [1.54, 1.807) is 4.90 Å². The van der Waals surface area contributed by atoms with Crippen molar-refractivity contribution in [2.24, 2.45) is 0 Å². The minimum Gasteiger partial charge on any atom is -0.486 e. The number of likely N-dealkylation sites (tertiary alicyclic amines) is 1. The number of aromatic nitrogens is 1. The molecule has 0 unspecified atom stereocenters. The highest BCUT2D eigenvalue weighted by molar-refractivity contribution is 7.89. The highest BCUT2D eigenvalue weighted by atomic mass is 32.2. The van der Waals surface area contributed by atoms with Gasteiger partial charge in [-0.25, -0.2) is 18.1 Å². The van der Waals surface area contributed by atoms with Crippen molar-refractivity contribution in [3.63, 3.8) is 0 Å². The number of hydrogen-bond donors (Lipinski definition) is 1. The Labute approximate surface area is 205 Å². The first-order valence-electron chi connectivity index (χ1n) is 12.0. The third-order valence-electron chi connectivity index (χ3n) is 6.39. The normalized spacial score (nSPS) is 16.4. The molecular formula is C26H29N3O5S. The topological polar surface area (TPSA) is 97.8 Å². The SMILES string of the molecule is CCCS(=O)(=O)NC1CCN(C(=O)c2cc(-c3ccc4c(c3)OCCO4)nc3ccccc23)CC1. The van der Waals surface area contributed by atoms with Crippen LogP contribution in [0.1, 0.15) is 36.5 Å². The van der Waals surface area contributed by atoms with Crippen molar-refractivity contribution in [3.8, 4) is 22.8 Å². The van der Waals surface area contributed by atoms with Crippen molar-refractivity contribution in [1.29, 1.82) is 0 Å². The third-order valence-corrected chi connectivity index (χ3v) is 8.02. The van der Waals surface area contributed by atoms with E-state index in [-0.39, 0.29) is 17.7 Å². The molecule has 0 aliphatic carbocycles. The molecule has 0 saturated carbocycles. The van der Waals surface area contributed by atoms with Crippen LogP contribution in [0.15, 0.2) is 48.5 Å². The largest absolute Gasteiger partial charge is 0.486 e. The molecule has 1 aromatic heterocycles. The van der Waals surface area contributed by atoms with Gasteiger partial charge in [-0.1, -0.05) is 25.1 Å². The van der Waals surface area contributed by atoms with Gasteiger partial charge in [0.25, 0.3) is 5.91 Å². The summed E-state index contributed by atoms with van der Waals surface area (Å²) in [6.07, 6.45) is 1.76. The molecule has 2 aliphatic rings. The summed E-state index contributed by atoms with van der Waals surface area (Å²) in [6.45, 7) is 3.85. The zero-order chi connectivity index (χ0) is 24.4. The van der Waals surface area contributed by atoms with E-state index >= 15 is 0 Å². The molecule has 0 atom stereocenters. The minimum absolute atomic E-state index is 0.0720. The fourth-order valence-electron chi connectivity index (χ4n) is 4.66. The number of amides is 1. The summed E-state index contributed by atoms with van der Waals surface area (Å²) in [5, 5.41) is 0.796. The molecule has 1 N–H and O–H groups in total. The quantitative estimate of drug-likeness (QED) is 0.561. The van der Waals surface area contributed by atoms with Crippen LogP contribution in [0.3, 0.4) is 0 Å². The van der Waals surface area contributed by atoms with Crippen LogP contribution in [0.25, 0.3) is 22.2 Å². The van der Waals surface area contributed by atoms with Crippen molar-refractivity contribution in [1.82, 2.24) is 14.6 Å². The first kappa shape index (κ1) is 23.6. The number of ether oxygens (including phenoxy) is 2. The molecular weight excluding hydrogens is 466 g/mol. The van der Waals surface area contributed by atoms with Crippen molar-refractivity contribution < 1.29 is 22.7 Å². The van der Waals surface area contributed by atoms with Crippen LogP contribution >= 0.6 is 0 Å². The molecule has 1 saturated heterocycles. The second-order valence-electron chi connectivity index (χ2n) is 8.93. The van der Waals surface area contributed by atoms with Crippen LogP contribution in [0.5, 0.6) is 11.5 Å². The lowest BCUT2D eigenvalue weighted by molar-refractivity contribution is 0.0713. The highest BCUT2D eigenvalue weighted by Crippen LogP contribution is 2.35. The predicted octanol–water partition coefficient (Wildman–Crippen LogP) is 3.61. The van der Waals surface area contributed by atoms with Gasteiger partial charge in [0, 0.05) is 30.1 Å². The number of hydrogen-bond acceptors (Lipinski definition) is 6. The Hall–Kier alpha value is -3.17. The lowest BCUT2D eigenvalue weighted by Crippen LogP contribution is -2.47. The number of para-hydroxylation sites is 1. The number of piperidine rings is 1. The van der Waals surface area contributed by atoms with Crippen LogP contribution in [0.2, 0.25) is 0 Å². The molecule has 2 aliphatic heterocycles. The van der Waals surface area contributed by atoms with E-state index in [4.69, 9.17) is 14.5 Å². The number of sulfonamides is 1. The minimum atomic E-state index is -3.27. The van der Waals surface area contributed by atoms with Crippen molar-refractivity contribution in [3.05, 3.63) is 54.1 Å². The zero-order valence-corrected chi connectivity index (χ0v) is 20.5. The maximum atomic E-state index is 13.6. The second-order valence-corrected chi connectivity index (χ2v) is 10.8. The number of pyridine rings is 1. The van der Waals surface area contributed by atoms with Gasteiger partial charge in [-0.3, -0.25) is 4.79 Å². The molecule has 35 heavy (non-hydrogen) atoms. The fourth-order valence-corrected chi connectivity index (χ4v) is 6.05. The summed E-state index contributed by atoms with van der Waals surface area (Å²) in [7, 11) is -3.27. The number of carbonyl (C=O) groups is 1. The standard InChI is InChI=1S/C26H29N3O5S/c1-2-15-35(31,32)28-19-9-11-29(12-10-19)26(30)21-17-23(27-22-6-4-3-5-20(21)22)18-7-8-24-25(16-18)34-14-13-33-24/h3-8,16-17,19,28H,2,9-15H2,1H3. The van der Waals surface area contributed by atoms with Crippen LogP contribution in [0, 0.1) is 0 Å². The molecule has 0 radical (unpaired) electrons.